The highest BCUT2D eigenvalue weighted by Crippen LogP contribution is 2.28. The van der Waals surface area contributed by atoms with Crippen LogP contribution in [0.2, 0.25) is 0 Å². The molecule has 0 aliphatic carbocycles. The average molecular weight is 421 g/mol. The van der Waals surface area contributed by atoms with Crippen LogP contribution in [0.4, 0.5) is 5.69 Å². The molecule has 1 fully saturated rings. The number of ether oxygens (including phenoxy) is 2. The van der Waals surface area contributed by atoms with Gasteiger partial charge in [-0.05, 0) is 36.4 Å². The predicted octanol–water partition coefficient (Wildman–Crippen LogP) is 2.16. The van der Waals surface area contributed by atoms with E-state index in [0.717, 1.165) is 17.0 Å². The van der Waals surface area contributed by atoms with Crippen molar-refractivity contribution in [2.75, 3.05) is 25.7 Å². The maximum Gasteiger partial charge on any atom is 0.227 e. The zero-order chi connectivity index (χ0) is 21.8. The highest BCUT2D eigenvalue weighted by molar-refractivity contribution is 6.00. The van der Waals surface area contributed by atoms with E-state index in [-0.39, 0.29) is 24.8 Å². The number of methoxy groups -OCH3 is 2. The predicted molar refractivity (Wildman–Crippen MR) is 114 cm³/mol. The number of hydrogen-bond donors (Lipinski definition) is 2. The Morgan fingerprint density at radius 2 is 1.94 bits per heavy atom. The highest BCUT2D eigenvalue weighted by atomic mass is 16.5. The molecule has 1 aliphatic heterocycles. The van der Waals surface area contributed by atoms with Gasteiger partial charge in [0, 0.05) is 30.3 Å². The molecule has 3 aromatic rings. The summed E-state index contributed by atoms with van der Waals surface area (Å²) in [6.07, 6.45) is 0.163. The fraction of sp³-hybridized carbons (Fsp3) is 0.273. The lowest BCUT2D eigenvalue weighted by molar-refractivity contribution is -0.126. The lowest BCUT2D eigenvalue weighted by Gasteiger charge is -2.17. The zero-order valence-electron chi connectivity index (χ0n) is 17.3. The smallest absolute Gasteiger partial charge is 0.227 e. The summed E-state index contributed by atoms with van der Waals surface area (Å²) in [7, 11) is 3.18. The number of carbonyl (C=O) groups excluding carboxylic acids is 2. The van der Waals surface area contributed by atoms with Crippen molar-refractivity contribution in [3.05, 3.63) is 54.4 Å². The molecular formula is C22H23N5O4. The molecular weight excluding hydrogens is 398 g/mol. The molecule has 2 aromatic carbocycles. The first-order chi connectivity index (χ1) is 15.1. The van der Waals surface area contributed by atoms with Crippen LogP contribution in [0.1, 0.15) is 12.2 Å². The molecule has 1 aliphatic rings. The van der Waals surface area contributed by atoms with Crippen molar-refractivity contribution in [3.63, 3.8) is 0 Å². The molecule has 2 amide bonds. The van der Waals surface area contributed by atoms with Crippen LogP contribution >= 0.6 is 0 Å². The third kappa shape index (κ3) is 4.50. The fourth-order valence-corrected chi connectivity index (χ4v) is 3.47. The summed E-state index contributed by atoms with van der Waals surface area (Å²) < 4.78 is 10.4. The van der Waals surface area contributed by atoms with Gasteiger partial charge in [-0.15, -0.1) is 0 Å². The second-order valence-corrected chi connectivity index (χ2v) is 7.16. The standard InChI is InChI=1S/C22H23N5O4/c1-30-17-8-6-14(7-9-17)21-24-19(25-26-21)12-23-22(29)15-10-20(28)27(13-15)16-4-3-5-18(11-16)31-2/h3-9,11,15H,10,12-13H2,1-2H3,(H,23,29)(H,24,25,26). The minimum absolute atomic E-state index is 0.0881. The number of rotatable bonds is 7. The van der Waals surface area contributed by atoms with Gasteiger partial charge in [-0.1, -0.05) is 6.07 Å². The number of aromatic nitrogens is 3. The van der Waals surface area contributed by atoms with Crippen LogP contribution in [0, 0.1) is 5.92 Å². The Labute approximate surface area is 179 Å². The molecule has 0 radical (unpaired) electrons. The number of hydrogen-bond acceptors (Lipinski definition) is 6. The number of aromatic amines is 1. The van der Waals surface area contributed by atoms with Gasteiger partial charge in [0.1, 0.15) is 17.3 Å². The number of H-pyrrole nitrogens is 1. The summed E-state index contributed by atoms with van der Waals surface area (Å²) in [5, 5.41) is 9.87. The van der Waals surface area contributed by atoms with Crippen LogP contribution in [-0.2, 0) is 16.1 Å². The molecule has 4 rings (SSSR count). The van der Waals surface area contributed by atoms with Crippen molar-refractivity contribution in [1.82, 2.24) is 20.5 Å². The van der Waals surface area contributed by atoms with Crippen LogP contribution in [0.3, 0.4) is 0 Å². The Hall–Kier alpha value is -3.88. The zero-order valence-corrected chi connectivity index (χ0v) is 17.3. The van der Waals surface area contributed by atoms with Gasteiger partial charge in [0.25, 0.3) is 0 Å². The third-order valence-corrected chi connectivity index (χ3v) is 5.17. The summed E-state index contributed by atoms with van der Waals surface area (Å²) in [4.78, 5) is 31.1. The van der Waals surface area contributed by atoms with E-state index in [1.54, 1.807) is 25.2 Å². The van der Waals surface area contributed by atoms with Crippen molar-refractivity contribution in [1.29, 1.82) is 0 Å². The molecule has 9 nitrogen and oxygen atoms in total. The van der Waals surface area contributed by atoms with E-state index in [1.165, 1.54) is 0 Å². The fourth-order valence-electron chi connectivity index (χ4n) is 3.47. The summed E-state index contributed by atoms with van der Waals surface area (Å²) in [5.41, 5.74) is 1.56. The molecule has 1 atom stereocenters. The van der Waals surface area contributed by atoms with E-state index in [9.17, 15) is 9.59 Å². The van der Waals surface area contributed by atoms with Crippen LogP contribution in [-0.4, -0.2) is 47.8 Å². The first-order valence-electron chi connectivity index (χ1n) is 9.85. The van der Waals surface area contributed by atoms with E-state index in [0.29, 0.717) is 23.9 Å². The summed E-state index contributed by atoms with van der Waals surface area (Å²) in [5.74, 6) is 1.77. The van der Waals surface area contributed by atoms with E-state index >= 15 is 0 Å². The second kappa shape index (κ2) is 8.86. The number of nitrogens with zero attached hydrogens (tertiary/aromatic N) is 3. The van der Waals surface area contributed by atoms with Gasteiger partial charge in [0.15, 0.2) is 5.82 Å². The van der Waals surface area contributed by atoms with Gasteiger partial charge < -0.3 is 19.7 Å². The normalized spacial score (nSPS) is 15.7. The van der Waals surface area contributed by atoms with Gasteiger partial charge in [-0.25, -0.2) is 4.98 Å². The Balaban J connectivity index is 1.35. The molecule has 2 N–H and O–H groups in total. The largest absolute Gasteiger partial charge is 0.497 e. The third-order valence-electron chi connectivity index (χ3n) is 5.17. The number of carbonyl (C=O) groups is 2. The number of benzene rings is 2. The summed E-state index contributed by atoms with van der Waals surface area (Å²) in [6, 6.07) is 14.6. The van der Waals surface area contributed by atoms with E-state index < -0.39 is 5.92 Å². The maximum absolute atomic E-state index is 12.6. The van der Waals surface area contributed by atoms with Crippen LogP contribution < -0.4 is 19.7 Å². The maximum atomic E-state index is 12.6. The minimum atomic E-state index is -0.428. The first kappa shape index (κ1) is 20.4. The van der Waals surface area contributed by atoms with Crippen LogP contribution in [0.15, 0.2) is 48.5 Å². The van der Waals surface area contributed by atoms with Gasteiger partial charge in [0.2, 0.25) is 11.8 Å². The number of anilines is 1. The Morgan fingerprint density at radius 3 is 2.68 bits per heavy atom. The van der Waals surface area contributed by atoms with Crippen molar-refractivity contribution >= 4 is 17.5 Å². The van der Waals surface area contributed by atoms with Crippen molar-refractivity contribution in [2.24, 2.45) is 5.92 Å². The second-order valence-electron chi connectivity index (χ2n) is 7.16. The highest BCUT2D eigenvalue weighted by Gasteiger charge is 2.35. The Bertz CT molecular complexity index is 1080. The Morgan fingerprint density at radius 1 is 1.16 bits per heavy atom. The minimum Gasteiger partial charge on any atom is -0.497 e. The van der Waals surface area contributed by atoms with Crippen molar-refractivity contribution in [2.45, 2.75) is 13.0 Å². The lowest BCUT2D eigenvalue weighted by Crippen LogP contribution is -2.32. The molecule has 2 heterocycles. The summed E-state index contributed by atoms with van der Waals surface area (Å²) in [6.45, 7) is 0.525. The molecule has 9 heteroatoms. The molecule has 160 valence electrons. The lowest BCUT2D eigenvalue weighted by atomic mass is 10.1. The SMILES string of the molecule is COc1ccc(-c2n[nH]c(CNC(=O)C3CC(=O)N(c4cccc(OC)c4)C3)n2)cc1. The van der Waals surface area contributed by atoms with E-state index in [1.807, 2.05) is 42.5 Å². The van der Waals surface area contributed by atoms with Crippen molar-refractivity contribution in [3.8, 4) is 22.9 Å². The molecule has 0 saturated carbocycles. The van der Waals surface area contributed by atoms with Gasteiger partial charge in [-0.2, -0.15) is 5.10 Å². The van der Waals surface area contributed by atoms with Crippen LogP contribution in [0.25, 0.3) is 11.4 Å². The Kier molecular flexibility index (Phi) is 5.83. The van der Waals surface area contributed by atoms with Crippen LogP contribution in [0.5, 0.6) is 11.5 Å². The summed E-state index contributed by atoms with van der Waals surface area (Å²) >= 11 is 0. The van der Waals surface area contributed by atoms with E-state index in [2.05, 4.69) is 20.5 Å². The molecule has 1 unspecified atom stereocenters. The molecule has 31 heavy (non-hydrogen) atoms. The van der Waals surface area contributed by atoms with Gasteiger partial charge >= 0.3 is 0 Å². The topological polar surface area (TPSA) is 109 Å². The number of nitrogens with one attached hydrogen (secondary N) is 2. The van der Waals surface area contributed by atoms with Gasteiger partial charge in [-0.3, -0.25) is 14.7 Å². The molecule has 0 bridgehead atoms. The van der Waals surface area contributed by atoms with Gasteiger partial charge in [0.05, 0.1) is 26.7 Å². The molecule has 1 saturated heterocycles. The molecule has 1 aromatic heterocycles. The molecule has 0 spiro atoms. The first-order valence-corrected chi connectivity index (χ1v) is 9.85. The monoisotopic (exact) mass is 421 g/mol. The number of amides is 2. The quantitative estimate of drug-likeness (QED) is 0.605. The van der Waals surface area contributed by atoms with E-state index in [4.69, 9.17) is 9.47 Å². The van der Waals surface area contributed by atoms with Crippen molar-refractivity contribution < 1.29 is 19.1 Å². The average Bonchev–Trinajstić information content (AvgIpc) is 3.44.